The number of amides is 1. The molecule has 1 unspecified atom stereocenters. The van der Waals surface area contributed by atoms with Crippen LogP contribution in [-0.2, 0) is 25.4 Å². The number of nitrogens with zero attached hydrogens (tertiary/aromatic N) is 1. The third-order valence-corrected chi connectivity index (χ3v) is 5.39. The van der Waals surface area contributed by atoms with Crippen molar-refractivity contribution in [3.63, 3.8) is 0 Å². The zero-order chi connectivity index (χ0) is 23.2. The van der Waals surface area contributed by atoms with E-state index in [1.54, 1.807) is 6.92 Å². The minimum atomic E-state index is -4.05. The smallest absolute Gasteiger partial charge is 0.275 e. The SMILES string of the molecule is Cc1ccc(NS(=O)(=O)Cc2cccc(F)c2)c(=O)n1C(CCONC(=N)N)C(N)=O. The van der Waals surface area contributed by atoms with Gasteiger partial charge in [-0.15, -0.1) is 0 Å². The Bertz CT molecular complexity index is 1130. The van der Waals surface area contributed by atoms with Crippen LogP contribution in [0.1, 0.15) is 23.7 Å². The number of carbonyl (C=O) groups is 1. The van der Waals surface area contributed by atoms with Gasteiger partial charge in [-0.05, 0) is 36.8 Å². The third-order valence-electron chi connectivity index (χ3n) is 4.15. The van der Waals surface area contributed by atoms with Crippen LogP contribution in [0.2, 0.25) is 0 Å². The largest absolute Gasteiger partial charge is 0.368 e. The maximum Gasteiger partial charge on any atom is 0.275 e. The molecule has 168 valence electrons. The van der Waals surface area contributed by atoms with Crippen molar-refractivity contribution >= 4 is 27.6 Å². The molecule has 0 fully saturated rings. The highest BCUT2D eigenvalue weighted by molar-refractivity contribution is 7.91. The van der Waals surface area contributed by atoms with E-state index in [1.165, 1.54) is 30.3 Å². The van der Waals surface area contributed by atoms with Crippen molar-refractivity contribution in [1.82, 2.24) is 10.0 Å². The minimum Gasteiger partial charge on any atom is -0.368 e. The summed E-state index contributed by atoms with van der Waals surface area (Å²) in [4.78, 5) is 29.8. The van der Waals surface area contributed by atoms with E-state index in [2.05, 4.69) is 10.2 Å². The number of sulfonamides is 1. The fraction of sp³-hybridized carbons (Fsp3) is 0.278. The van der Waals surface area contributed by atoms with Crippen LogP contribution in [0.4, 0.5) is 10.1 Å². The van der Waals surface area contributed by atoms with Gasteiger partial charge in [0.1, 0.15) is 17.5 Å². The molecule has 1 aromatic carbocycles. The van der Waals surface area contributed by atoms with Crippen molar-refractivity contribution in [1.29, 1.82) is 5.41 Å². The van der Waals surface area contributed by atoms with Gasteiger partial charge >= 0.3 is 0 Å². The molecule has 1 atom stereocenters. The first kappa shape index (κ1) is 23.8. The lowest BCUT2D eigenvalue weighted by Gasteiger charge is -2.20. The van der Waals surface area contributed by atoms with E-state index in [9.17, 15) is 22.4 Å². The number of nitrogens with one attached hydrogen (secondary N) is 3. The predicted octanol–water partition coefficient (Wildman–Crippen LogP) is 0.0689. The molecule has 2 aromatic rings. The molecule has 13 heteroatoms. The van der Waals surface area contributed by atoms with E-state index in [0.717, 1.165) is 10.6 Å². The average Bonchev–Trinajstić information content (AvgIpc) is 2.65. The summed E-state index contributed by atoms with van der Waals surface area (Å²) in [5.41, 5.74) is 12.1. The van der Waals surface area contributed by atoms with Gasteiger partial charge in [0, 0.05) is 12.1 Å². The van der Waals surface area contributed by atoms with Crippen LogP contribution in [0.15, 0.2) is 41.2 Å². The number of anilines is 1. The topological polar surface area (TPSA) is 182 Å². The Morgan fingerprint density at radius 2 is 2.00 bits per heavy atom. The average molecular weight is 454 g/mol. The monoisotopic (exact) mass is 454 g/mol. The Labute approximate surface area is 177 Å². The van der Waals surface area contributed by atoms with E-state index in [4.69, 9.17) is 21.7 Å². The fourth-order valence-electron chi connectivity index (χ4n) is 2.86. The van der Waals surface area contributed by atoms with E-state index in [0.29, 0.717) is 5.69 Å². The molecule has 1 amide bonds. The lowest BCUT2D eigenvalue weighted by atomic mass is 10.1. The molecule has 0 saturated carbocycles. The van der Waals surface area contributed by atoms with Crippen LogP contribution in [0.25, 0.3) is 0 Å². The zero-order valence-electron chi connectivity index (χ0n) is 16.6. The Kier molecular flexibility index (Phi) is 7.72. The van der Waals surface area contributed by atoms with Crippen molar-refractivity contribution in [2.24, 2.45) is 11.5 Å². The number of hydrogen-bond acceptors (Lipinski definition) is 6. The number of aromatic nitrogens is 1. The van der Waals surface area contributed by atoms with E-state index < -0.39 is 45.1 Å². The van der Waals surface area contributed by atoms with Gasteiger partial charge in [-0.3, -0.25) is 29.1 Å². The van der Waals surface area contributed by atoms with Crippen molar-refractivity contribution in [3.05, 3.63) is 63.8 Å². The minimum absolute atomic E-state index is 0.0458. The highest BCUT2D eigenvalue weighted by atomic mass is 32.2. The van der Waals surface area contributed by atoms with E-state index >= 15 is 0 Å². The summed E-state index contributed by atoms with van der Waals surface area (Å²) in [5.74, 6) is -2.42. The molecular formula is C18H23FN6O5S. The van der Waals surface area contributed by atoms with Gasteiger partial charge < -0.3 is 11.5 Å². The molecule has 0 aliphatic rings. The summed E-state index contributed by atoms with van der Waals surface area (Å²) in [5, 5.41) is 7.01. The summed E-state index contributed by atoms with van der Waals surface area (Å²) >= 11 is 0. The van der Waals surface area contributed by atoms with Crippen LogP contribution in [0, 0.1) is 18.2 Å². The van der Waals surface area contributed by atoms with Gasteiger partial charge in [0.2, 0.25) is 21.9 Å². The van der Waals surface area contributed by atoms with Gasteiger partial charge in [-0.1, -0.05) is 12.1 Å². The normalized spacial score (nSPS) is 12.2. The number of benzene rings is 1. The summed E-state index contributed by atoms with van der Waals surface area (Å²) in [6.45, 7) is 1.44. The Morgan fingerprint density at radius 1 is 1.29 bits per heavy atom. The molecule has 0 aliphatic heterocycles. The molecule has 0 saturated heterocycles. The van der Waals surface area contributed by atoms with Crippen molar-refractivity contribution in [2.75, 3.05) is 11.3 Å². The number of aryl methyl sites for hydroxylation is 1. The number of hydroxylamine groups is 1. The summed E-state index contributed by atoms with van der Waals surface area (Å²) in [6.07, 6.45) is -0.0458. The Balaban J connectivity index is 2.28. The quantitative estimate of drug-likeness (QED) is 0.146. The molecule has 7 N–H and O–H groups in total. The lowest BCUT2D eigenvalue weighted by Crippen LogP contribution is -2.38. The first-order chi connectivity index (χ1) is 14.5. The molecule has 0 radical (unpaired) electrons. The summed E-state index contributed by atoms with van der Waals surface area (Å²) in [7, 11) is -4.05. The van der Waals surface area contributed by atoms with Gasteiger partial charge in [-0.25, -0.2) is 18.3 Å². The molecule has 0 spiro atoms. The third kappa shape index (κ3) is 6.79. The Morgan fingerprint density at radius 3 is 2.61 bits per heavy atom. The van der Waals surface area contributed by atoms with E-state index in [-0.39, 0.29) is 24.3 Å². The molecule has 0 aliphatic carbocycles. The number of hydrogen-bond donors (Lipinski definition) is 5. The number of nitrogens with two attached hydrogens (primary N) is 2. The van der Waals surface area contributed by atoms with Gasteiger partial charge in [0.25, 0.3) is 5.56 Å². The van der Waals surface area contributed by atoms with Crippen LogP contribution < -0.4 is 27.2 Å². The van der Waals surface area contributed by atoms with Crippen LogP contribution >= 0.6 is 0 Å². The van der Waals surface area contributed by atoms with Crippen LogP contribution in [0.3, 0.4) is 0 Å². The van der Waals surface area contributed by atoms with Gasteiger partial charge in [0.15, 0.2) is 0 Å². The van der Waals surface area contributed by atoms with Crippen LogP contribution in [-0.4, -0.2) is 31.5 Å². The number of primary amides is 1. The molecule has 31 heavy (non-hydrogen) atoms. The molecule has 0 bridgehead atoms. The molecule has 1 aromatic heterocycles. The number of pyridine rings is 1. The first-order valence-electron chi connectivity index (χ1n) is 8.98. The number of rotatable bonds is 10. The maximum absolute atomic E-state index is 13.3. The zero-order valence-corrected chi connectivity index (χ0v) is 17.4. The number of halogens is 1. The molecular weight excluding hydrogens is 431 g/mol. The Hall–Kier alpha value is -3.45. The highest BCUT2D eigenvalue weighted by Gasteiger charge is 2.23. The second-order valence-corrected chi connectivity index (χ2v) is 8.35. The standard InChI is InChI=1S/C18H23FN6O5S/c1-11-5-6-14(24-31(28,29)10-12-3-2-4-13(19)9-12)17(27)25(11)15(16(20)26)7-8-30-23-18(21)22/h2-6,9,15,24H,7-8,10H2,1H3,(H2,20,26)(H4,21,22,23). The molecule has 1 heterocycles. The van der Waals surface area contributed by atoms with Gasteiger partial charge in [0.05, 0.1) is 12.4 Å². The van der Waals surface area contributed by atoms with Crippen molar-refractivity contribution in [2.45, 2.75) is 25.1 Å². The van der Waals surface area contributed by atoms with Crippen molar-refractivity contribution < 1.29 is 22.4 Å². The second-order valence-electron chi connectivity index (χ2n) is 6.63. The fourth-order valence-corrected chi connectivity index (χ4v) is 4.04. The summed E-state index contributed by atoms with van der Waals surface area (Å²) in [6, 6.07) is 6.64. The van der Waals surface area contributed by atoms with Crippen molar-refractivity contribution in [3.8, 4) is 0 Å². The number of carbonyl (C=O) groups excluding carboxylic acids is 1. The summed E-state index contributed by atoms with van der Waals surface area (Å²) < 4.78 is 41.5. The van der Waals surface area contributed by atoms with Crippen LogP contribution in [0.5, 0.6) is 0 Å². The highest BCUT2D eigenvalue weighted by Crippen LogP contribution is 2.16. The van der Waals surface area contributed by atoms with Gasteiger partial charge in [-0.2, -0.15) is 0 Å². The molecule has 2 rings (SSSR count). The lowest BCUT2D eigenvalue weighted by molar-refractivity contribution is -0.122. The molecule has 11 nitrogen and oxygen atoms in total. The maximum atomic E-state index is 13.3. The first-order valence-corrected chi connectivity index (χ1v) is 10.6. The number of guanidine groups is 1. The second kappa shape index (κ2) is 10.0. The predicted molar refractivity (Wildman–Crippen MR) is 112 cm³/mol. The van der Waals surface area contributed by atoms with E-state index in [1.807, 2.05) is 0 Å².